The summed E-state index contributed by atoms with van der Waals surface area (Å²) in [5.74, 6) is -0.267. The third-order valence-corrected chi connectivity index (χ3v) is 7.44. The fourth-order valence-corrected chi connectivity index (χ4v) is 5.48. The third-order valence-electron chi connectivity index (χ3n) is 6.17. The van der Waals surface area contributed by atoms with E-state index >= 15 is 0 Å². The number of sulfonamides is 1. The van der Waals surface area contributed by atoms with Crippen LogP contribution in [0.2, 0.25) is 0 Å². The molecule has 1 aliphatic carbocycles. The van der Waals surface area contributed by atoms with Crippen LogP contribution >= 0.6 is 0 Å². The lowest BCUT2D eigenvalue weighted by Crippen LogP contribution is -2.36. The average molecular weight is 441 g/mol. The zero-order valence-corrected chi connectivity index (χ0v) is 18.5. The molecule has 6 nitrogen and oxygen atoms in total. The second kappa shape index (κ2) is 7.46. The van der Waals surface area contributed by atoms with E-state index in [1.54, 1.807) is 12.1 Å². The summed E-state index contributed by atoms with van der Waals surface area (Å²) in [6.07, 6.45) is 10.8. The Balaban J connectivity index is 1.64. The molecule has 4 aliphatic rings. The number of fused-ring (bicyclic) bond motifs is 2. The highest BCUT2D eigenvalue weighted by molar-refractivity contribution is 7.88. The van der Waals surface area contributed by atoms with Crippen LogP contribution in [-0.4, -0.2) is 55.8 Å². The van der Waals surface area contributed by atoms with E-state index in [1.165, 1.54) is 10.6 Å². The Bertz CT molecular complexity index is 1220. The topological polar surface area (TPSA) is 65.0 Å². The summed E-state index contributed by atoms with van der Waals surface area (Å²) in [5.41, 5.74) is 10.7. The number of rotatable bonds is 4. The number of halogens is 1. The molecule has 0 amide bonds. The highest BCUT2D eigenvalue weighted by Crippen LogP contribution is 2.40. The van der Waals surface area contributed by atoms with Crippen molar-refractivity contribution in [3.05, 3.63) is 69.8 Å². The molecule has 0 bridgehead atoms. The average Bonchev–Trinajstić information content (AvgIpc) is 3.06. The first-order chi connectivity index (χ1) is 14.8. The predicted molar refractivity (Wildman–Crippen MR) is 121 cm³/mol. The van der Waals surface area contributed by atoms with E-state index < -0.39 is 10.0 Å². The summed E-state index contributed by atoms with van der Waals surface area (Å²) in [5, 5.41) is 4.63. The van der Waals surface area contributed by atoms with Gasteiger partial charge in [-0.3, -0.25) is 5.43 Å². The normalized spacial score (nSPS) is 20.5. The molecule has 3 heterocycles. The van der Waals surface area contributed by atoms with Crippen LogP contribution in [0.15, 0.2) is 52.4 Å². The smallest absolute Gasteiger partial charge is 0.211 e. The Kier molecular flexibility index (Phi) is 4.86. The summed E-state index contributed by atoms with van der Waals surface area (Å²) in [7, 11) is -3.21. The van der Waals surface area contributed by atoms with Crippen LogP contribution in [-0.2, 0) is 10.0 Å². The molecule has 162 valence electrons. The van der Waals surface area contributed by atoms with Gasteiger partial charge in [-0.15, -0.1) is 0 Å². The van der Waals surface area contributed by atoms with Gasteiger partial charge in [0.25, 0.3) is 0 Å². The quantitative estimate of drug-likeness (QED) is 0.782. The minimum atomic E-state index is -3.21. The molecule has 1 N–H and O–H groups in total. The Morgan fingerprint density at radius 3 is 2.81 bits per heavy atom. The Morgan fingerprint density at radius 2 is 2.10 bits per heavy atom. The number of allylic oxidation sites excluding steroid dienone is 2. The van der Waals surface area contributed by atoms with Crippen molar-refractivity contribution >= 4 is 27.4 Å². The predicted octanol–water partition coefficient (Wildman–Crippen LogP) is 3.07. The monoisotopic (exact) mass is 440 g/mol. The van der Waals surface area contributed by atoms with Gasteiger partial charge in [-0.2, -0.15) is 9.41 Å². The maximum Gasteiger partial charge on any atom is 0.211 e. The largest absolute Gasteiger partial charge is 0.372 e. The standard InChI is InChI=1S/C23H25FN4O2S/c1-3-8-27-13-19(15-6-9-28(10-7-15)31(2,29)30)23-20(14-27)18-12-17(24)11-16-4-5-21(22(16)18)25-26-23/h4-6,11-12,14,26H,3,7-10,13H2,1-2H3. The number of nitrogens with zero attached hydrogens (tertiary/aromatic N) is 3. The van der Waals surface area contributed by atoms with Gasteiger partial charge in [0.1, 0.15) is 5.82 Å². The zero-order chi connectivity index (χ0) is 21.8. The van der Waals surface area contributed by atoms with Gasteiger partial charge in [-0.05, 0) is 47.8 Å². The van der Waals surface area contributed by atoms with E-state index in [2.05, 4.69) is 28.6 Å². The molecular formula is C23H25FN4O2S. The summed E-state index contributed by atoms with van der Waals surface area (Å²) in [4.78, 5) is 2.25. The van der Waals surface area contributed by atoms with Gasteiger partial charge >= 0.3 is 0 Å². The van der Waals surface area contributed by atoms with Crippen LogP contribution in [0.3, 0.4) is 0 Å². The van der Waals surface area contributed by atoms with Gasteiger partial charge in [0.05, 0.1) is 17.7 Å². The number of benzene rings is 1. The van der Waals surface area contributed by atoms with Crippen LogP contribution in [0.5, 0.6) is 0 Å². The van der Waals surface area contributed by atoms with Crippen molar-refractivity contribution in [1.82, 2.24) is 14.6 Å². The first-order valence-electron chi connectivity index (χ1n) is 10.5. The second-order valence-electron chi connectivity index (χ2n) is 8.33. The number of nitrogens with one attached hydrogen (secondary N) is 1. The lowest BCUT2D eigenvalue weighted by atomic mass is 9.87. The van der Waals surface area contributed by atoms with Crippen molar-refractivity contribution < 1.29 is 12.8 Å². The maximum atomic E-state index is 14.5. The van der Waals surface area contributed by atoms with Crippen molar-refractivity contribution in [1.29, 1.82) is 0 Å². The lowest BCUT2D eigenvalue weighted by molar-refractivity contribution is 0.395. The van der Waals surface area contributed by atoms with Crippen molar-refractivity contribution in [2.75, 3.05) is 32.4 Å². The minimum Gasteiger partial charge on any atom is -0.372 e. The SMILES string of the molecule is CCCN1C=C2C(=C(C3=CCN(S(C)(=O)=O)CC3)C1)NN=C1C=Cc3cc(F)cc2c31. The second-order valence-corrected chi connectivity index (χ2v) is 10.3. The van der Waals surface area contributed by atoms with Crippen LogP contribution in [0.25, 0.3) is 11.6 Å². The van der Waals surface area contributed by atoms with Gasteiger partial charge in [0.2, 0.25) is 10.0 Å². The summed E-state index contributed by atoms with van der Waals surface area (Å²) in [6, 6.07) is 3.14. The van der Waals surface area contributed by atoms with Gasteiger partial charge in [-0.1, -0.05) is 19.1 Å². The Morgan fingerprint density at radius 1 is 1.26 bits per heavy atom. The fourth-order valence-electron chi connectivity index (χ4n) is 4.71. The lowest BCUT2D eigenvalue weighted by Gasteiger charge is -2.33. The maximum absolute atomic E-state index is 14.5. The molecule has 1 aromatic rings. The molecule has 1 aromatic carbocycles. The van der Waals surface area contributed by atoms with E-state index in [0.29, 0.717) is 26.1 Å². The summed E-state index contributed by atoms with van der Waals surface area (Å²) < 4.78 is 39.8. The minimum absolute atomic E-state index is 0.267. The van der Waals surface area contributed by atoms with E-state index in [0.717, 1.165) is 57.8 Å². The van der Waals surface area contributed by atoms with Crippen molar-refractivity contribution in [2.45, 2.75) is 19.8 Å². The van der Waals surface area contributed by atoms with Gasteiger partial charge in [-0.25, -0.2) is 12.8 Å². The zero-order valence-electron chi connectivity index (χ0n) is 17.7. The van der Waals surface area contributed by atoms with Crippen molar-refractivity contribution in [2.24, 2.45) is 5.10 Å². The van der Waals surface area contributed by atoms with Gasteiger partial charge < -0.3 is 4.90 Å². The van der Waals surface area contributed by atoms with Gasteiger partial charge in [0.15, 0.2) is 0 Å². The molecule has 0 aromatic heterocycles. The molecule has 31 heavy (non-hydrogen) atoms. The number of hydrazone groups is 1. The molecule has 8 heteroatoms. The van der Waals surface area contributed by atoms with E-state index in [4.69, 9.17) is 0 Å². The van der Waals surface area contributed by atoms with Crippen LogP contribution < -0.4 is 5.43 Å². The first-order valence-corrected chi connectivity index (χ1v) is 12.4. The summed E-state index contributed by atoms with van der Waals surface area (Å²) in [6.45, 7) is 4.55. The van der Waals surface area contributed by atoms with Crippen LogP contribution in [0.1, 0.15) is 36.5 Å². The van der Waals surface area contributed by atoms with E-state index in [1.807, 2.05) is 18.2 Å². The van der Waals surface area contributed by atoms with Crippen molar-refractivity contribution in [3.63, 3.8) is 0 Å². The van der Waals surface area contributed by atoms with Gasteiger partial charge in [0, 0.05) is 49.1 Å². The van der Waals surface area contributed by atoms with Crippen molar-refractivity contribution in [3.8, 4) is 0 Å². The molecule has 0 fully saturated rings. The Hall–Kier alpha value is -2.71. The molecule has 0 atom stereocenters. The van der Waals surface area contributed by atoms with Crippen LogP contribution in [0, 0.1) is 5.82 Å². The highest BCUT2D eigenvalue weighted by atomic mass is 32.2. The first kappa shape index (κ1) is 20.2. The number of hydrogen-bond donors (Lipinski definition) is 1. The van der Waals surface area contributed by atoms with Crippen LogP contribution in [0.4, 0.5) is 4.39 Å². The number of hydrogen-bond acceptors (Lipinski definition) is 5. The molecule has 0 unspecified atom stereocenters. The molecule has 0 radical (unpaired) electrons. The third kappa shape index (κ3) is 3.53. The summed E-state index contributed by atoms with van der Waals surface area (Å²) >= 11 is 0. The molecule has 0 saturated carbocycles. The van der Waals surface area contributed by atoms with E-state index in [-0.39, 0.29) is 5.82 Å². The highest BCUT2D eigenvalue weighted by Gasteiger charge is 2.31. The Labute approximate surface area is 182 Å². The molecule has 0 spiro atoms. The fraction of sp³-hybridized carbons (Fsp3) is 0.348. The molecule has 3 aliphatic heterocycles. The van der Waals surface area contributed by atoms with E-state index in [9.17, 15) is 12.8 Å². The molecule has 5 rings (SSSR count). The molecular weight excluding hydrogens is 415 g/mol. The molecule has 0 saturated heterocycles.